The van der Waals surface area contributed by atoms with Gasteiger partial charge in [0.2, 0.25) is 0 Å². The third-order valence-corrected chi connectivity index (χ3v) is 3.18. The number of rotatable bonds is 5. The molecule has 0 aromatic carbocycles. The molecule has 1 atom stereocenters. The van der Waals surface area contributed by atoms with Gasteiger partial charge in [0.15, 0.2) is 0 Å². The number of hydrogen-bond acceptors (Lipinski definition) is 4. The molecule has 1 rings (SSSR count). The molecule has 0 radical (unpaired) electrons. The quantitative estimate of drug-likeness (QED) is 0.778. The molecule has 0 bridgehead atoms. The largest absolute Gasteiger partial charge is 0.396 e. The first-order chi connectivity index (χ1) is 7.50. The lowest BCUT2D eigenvalue weighted by molar-refractivity contribution is 0.252. The summed E-state index contributed by atoms with van der Waals surface area (Å²) in [6.07, 6.45) is 3.26. The van der Waals surface area contributed by atoms with Gasteiger partial charge in [0.25, 0.3) is 0 Å². The van der Waals surface area contributed by atoms with Crippen LogP contribution >= 0.6 is 15.9 Å². The fraction of sp³-hybridized carbons (Fsp3) is 0.545. The lowest BCUT2D eigenvalue weighted by atomic mass is 9.95. The number of halogens is 1. The number of hydrogen-bond donors (Lipinski definition) is 3. The Bertz CT molecular complexity index is 359. The zero-order valence-corrected chi connectivity index (χ0v) is 11.2. The summed E-state index contributed by atoms with van der Waals surface area (Å²) in [4.78, 5) is 4.23. The maximum absolute atomic E-state index is 9.03. The number of pyridine rings is 1. The summed E-state index contributed by atoms with van der Waals surface area (Å²) >= 11 is 3.31. The lowest BCUT2D eigenvalue weighted by Crippen LogP contribution is -2.35. The molecule has 90 valence electrons. The minimum absolute atomic E-state index is 0.147. The molecular formula is C11H18BrN3O. The Balaban J connectivity index is 2.85. The van der Waals surface area contributed by atoms with Crippen LogP contribution in [0.4, 0.5) is 11.5 Å². The van der Waals surface area contributed by atoms with Crippen LogP contribution in [0.25, 0.3) is 0 Å². The number of nitrogens with one attached hydrogen (secondary N) is 1. The third kappa shape index (κ3) is 3.35. The monoisotopic (exact) mass is 287 g/mol. The first-order valence-corrected chi connectivity index (χ1v) is 6.10. The smallest absolute Gasteiger partial charge is 0.149 e. The molecule has 0 aliphatic rings. The van der Waals surface area contributed by atoms with E-state index in [1.807, 2.05) is 13.0 Å². The number of nitrogens with two attached hydrogens (primary N) is 1. The highest BCUT2D eigenvalue weighted by Crippen LogP contribution is 2.26. The predicted molar refractivity (Wildman–Crippen MR) is 70.4 cm³/mol. The summed E-state index contributed by atoms with van der Waals surface area (Å²) in [7, 11) is 0. The number of nitrogen functional groups attached to an aromatic ring is 1. The van der Waals surface area contributed by atoms with Crippen molar-refractivity contribution < 1.29 is 5.11 Å². The molecule has 0 saturated heterocycles. The molecule has 5 heteroatoms. The van der Waals surface area contributed by atoms with Crippen LogP contribution in [0, 0.1) is 0 Å². The normalized spacial score (nSPS) is 14.5. The fourth-order valence-corrected chi connectivity index (χ4v) is 1.77. The second-order valence-electron chi connectivity index (χ2n) is 4.10. The van der Waals surface area contributed by atoms with Crippen LogP contribution in [0.2, 0.25) is 0 Å². The number of aromatic nitrogens is 1. The molecule has 0 aliphatic heterocycles. The van der Waals surface area contributed by atoms with Gasteiger partial charge in [0.05, 0.1) is 5.69 Å². The van der Waals surface area contributed by atoms with Gasteiger partial charge in [-0.1, -0.05) is 6.92 Å². The van der Waals surface area contributed by atoms with Crippen molar-refractivity contribution >= 4 is 27.4 Å². The Kier molecular flexibility index (Phi) is 4.56. The maximum atomic E-state index is 9.03. The topological polar surface area (TPSA) is 71.2 Å². The van der Waals surface area contributed by atoms with Crippen molar-refractivity contribution in [3.05, 3.63) is 16.7 Å². The van der Waals surface area contributed by atoms with Crippen molar-refractivity contribution in [2.75, 3.05) is 17.7 Å². The molecule has 0 amide bonds. The molecule has 1 aromatic heterocycles. The zero-order chi connectivity index (χ0) is 12.2. The SMILES string of the molecule is CCC(C)(CCO)Nc1ncc(Br)cc1N. The Morgan fingerprint density at radius 3 is 2.81 bits per heavy atom. The number of aliphatic hydroxyl groups is 1. The second-order valence-corrected chi connectivity index (χ2v) is 5.02. The molecule has 0 spiro atoms. The summed E-state index contributed by atoms with van der Waals surface area (Å²) in [5.41, 5.74) is 6.29. The van der Waals surface area contributed by atoms with Crippen LogP contribution in [0.5, 0.6) is 0 Å². The van der Waals surface area contributed by atoms with Crippen LogP contribution < -0.4 is 11.1 Å². The highest BCUT2D eigenvalue weighted by atomic mass is 79.9. The minimum atomic E-state index is -0.177. The molecule has 0 fully saturated rings. The minimum Gasteiger partial charge on any atom is -0.396 e. The van der Waals surface area contributed by atoms with E-state index >= 15 is 0 Å². The van der Waals surface area contributed by atoms with Crippen LogP contribution in [0.1, 0.15) is 26.7 Å². The molecule has 1 heterocycles. The van der Waals surface area contributed by atoms with Crippen molar-refractivity contribution in [1.29, 1.82) is 0 Å². The number of nitrogens with zero attached hydrogens (tertiary/aromatic N) is 1. The Labute approximate surface area is 104 Å². The first-order valence-electron chi connectivity index (χ1n) is 5.31. The second kappa shape index (κ2) is 5.50. The molecular weight excluding hydrogens is 270 g/mol. The standard InChI is InChI=1S/C11H18BrN3O/c1-3-11(2,4-5-16)15-10-9(13)6-8(12)7-14-10/h6-7,16H,3-5,13H2,1-2H3,(H,14,15). The fourth-order valence-electron chi connectivity index (χ4n) is 1.42. The van der Waals surface area contributed by atoms with E-state index in [0.717, 1.165) is 10.9 Å². The summed E-state index contributed by atoms with van der Waals surface area (Å²) in [5.74, 6) is 0.668. The van der Waals surface area contributed by atoms with Gasteiger partial charge in [0.1, 0.15) is 5.82 Å². The maximum Gasteiger partial charge on any atom is 0.149 e. The molecule has 0 saturated carbocycles. The van der Waals surface area contributed by atoms with E-state index in [9.17, 15) is 0 Å². The van der Waals surface area contributed by atoms with Gasteiger partial charge in [-0.05, 0) is 41.8 Å². The first kappa shape index (κ1) is 13.3. The van der Waals surface area contributed by atoms with Crippen molar-refractivity contribution in [1.82, 2.24) is 4.98 Å². The van der Waals surface area contributed by atoms with Crippen molar-refractivity contribution in [2.45, 2.75) is 32.2 Å². The van der Waals surface area contributed by atoms with Gasteiger partial charge >= 0.3 is 0 Å². The molecule has 1 unspecified atom stereocenters. The lowest BCUT2D eigenvalue weighted by Gasteiger charge is -2.30. The van der Waals surface area contributed by atoms with Gasteiger partial charge < -0.3 is 16.2 Å². The zero-order valence-electron chi connectivity index (χ0n) is 9.63. The predicted octanol–water partition coefficient (Wildman–Crippen LogP) is 2.39. The van der Waals surface area contributed by atoms with E-state index in [4.69, 9.17) is 10.8 Å². The number of aliphatic hydroxyl groups excluding tert-OH is 1. The molecule has 1 aromatic rings. The van der Waals surface area contributed by atoms with Crippen LogP contribution in [0.3, 0.4) is 0 Å². The van der Waals surface area contributed by atoms with Crippen LogP contribution in [-0.4, -0.2) is 22.2 Å². The highest BCUT2D eigenvalue weighted by Gasteiger charge is 2.22. The van der Waals surface area contributed by atoms with Gasteiger partial charge in [-0.2, -0.15) is 0 Å². The van der Waals surface area contributed by atoms with Gasteiger partial charge in [0, 0.05) is 22.8 Å². The Morgan fingerprint density at radius 1 is 1.62 bits per heavy atom. The van der Waals surface area contributed by atoms with E-state index in [1.54, 1.807) is 6.20 Å². The van der Waals surface area contributed by atoms with E-state index in [0.29, 0.717) is 17.9 Å². The van der Waals surface area contributed by atoms with Crippen molar-refractivity contribution in [2.24, 2.45) is 0 Å². The third-order valence-electron chi connectivity index (χ3n) is 2.75. The molecule has 4 N–H and O–H groups in total. The van der Waals surface area contributed by atoms with E-state index in [1.165, 1.54) is 0 Å². The summed E-state index contributed by atoms with van der Waals surface area (Å²) in [5, 5.41) is 12.3. The van der Waals surface area contributed by atoms with E-state index in [-0.39, 0.29) is 12.1 Å². The average Bonchev–Trinajstić information content (AvgIpc) is 2.23. The average molecular weight is 288 g/mol. The van der Waals surface area contributed by atoms with E-state index < -0.39 is 0 Å². The highest BCUT2D eigenvalue weighted by molar-refractivity contribution is 9.10. The van der Waals surface area contributed by atoms with Gasteiger partial charge in [-0.15, -0.1) is 0 Å². The summed E-state index contributed by atoms with van der Waals surface area (Å²) in [6.45, 7) is 4.26. The van der Waals surface area contributed by atoms with Crippen LogP contribution in [0.15, 0.2) is 16.7 Å². The van der Waals surface area contributed by atoms with Crippen molar-refractivity contribution in [3.63, 3.8) is 0 Å². The Morgan fingerprint density at radius 2 is 2.31 bits per heavy atom. The summed E-state index contributed by atoms with van der Waals surface area (Å²) in [6, 6.07) is 1.81. The van der Waals surface area contributed by atoms with Gasteiger partial charge in [-0.3, -0.25) is 0 Å². The molecule has 16 heavy (non-hydrogen) atoms. The summed E-state index contributed by atoms with van der Waals surface area (Å²) < 4.78 is 0.857. The van der Waals surface area contributed by atoms with E-state index in [2.05, 4.69) is 33.2 Å². The molecule has 0 aliphatic carbocycles. The number of anilines is 2. The van der Waals surface area contributed by atoms with Gasteiger partial charge in [-0.25, -0.2) is 4.98 Å². The van der Waals surface area contributed by atoms with Crippen LogP contribution in [-0.2, 0) is 0 Å². The molecule has 4 nitrogen and oxygen atoms in total. The van der Waals surface area contributed by atoms with Crippen molar-refractivity contribution in [3.8, 4) is 0 Å². The Hall–Kier alpha value is -0.810.